The Morgan fingerprint density at radius 3 is 2.54 bits per heavy atom. The van der Waals surface area contributed by atoms with E-state index < -0.39 is 39.8 Å². The summed E-state index contributed by atoms with van der Waals surface area (Å²) in [6, 6.07) is 6.60. The van der Waals surface area contributed by atoms with Gasteiger partial charge in [0.2, 0.25) is 5.91 Å². The standard InChI is InChI=1S/C24H19F2N7O4S2/c1-32(17-2-3-21-19(12-17)29-13-38-21)23(34)20(10-14-8-15(25)11-16(26)9-14)30-24(35)31-39(36,37)33-7-4-18-22(33)28-6-5-27-18/h2-9,11-13,20H,10H2,1H3,(H2,30,31,35)/t20-/m0/s1. The Kier molecular flexibility index (Phi) is 6.93. The molecule has 0 saturated carbocycles. The quantitative estimate of drug-likeness (QED) is 0.306. The molecule has 0 aliphatic rings. The summed E-state index contributed by atoms with van der Waals surface area (Å²) in [5.41, 5.74) is 3.09. The second-order valence-corrected chi connectivity index (χ2v) is 10.8. The summed E-state index contributed by atoms with van der Waals surface area (Å²) in [6.45, 7) is 0. The van der Waals surface area contributed by atoms with Crippen molar-refractivity contribution >= 4 is 60.6 Å². The molecule has 11 nitrogen and oxygen atoms in total. The van der Waals surface area contributed by atoms with Crippen LogP contribution in [0.5, 0.6) is 0 Å². The first-order valence-corrected chi connectivity index (χ1v) is 13.6. The highest BCUT2D eigenvalue weighted by molar-refractivity contribution is 7.88. The van der Waals surface area contributed by atoms with Crippen molar-refractivity contribution in [1.82, 2.24) is 29.0 Å². The van der Waals surface area contributed by atoms with Gasteiger partial charge in [0.1, 0.15) is 23.2 Å². The molecule has 2 N–H and O–H groups in total. The van der Waals surface area contributed by atoms with E-state index in [1.807, 2.05) is 4.72 Å². The Hall–Kier alpha value is -4.50. The number of nitrogens with zero attached hydrogens (tertiary/aromatic N) is 5. The molecule has 0 unspecified atom stereocenters. The lowest BCUT2D eigenvalue weighted by Gasteiger charge is -2.25. The van der Waals surface area contributed by atoms with Crippen LogP contribution in [0.25, 0.3) is 21.4 Å². The van der Waals surface area contributed by atoms with Gasteiger partial charge >= 0.3 is 16.2 Å². The third-order valence-electron chi connectivity index (χ3n) is 5.76. The van der Waals surface area contributed by atoms with Crippen LogP contribution in [0.3, 0.4) is 0 Å². The molecule has 0 bridgehead atoms. The number of hydrogen-bond acceptors (Lipinski definition) is 8. The average Bonchev–Trinajstić information content (AvgIpc) is 3.53. The molecule has 15 heteroatoms. The lowest BCUT2D eigenvalue weighted by molar-refractivity contribution is -0.120. The Balaban J connectivity index is 1.41. The smallest absolute Gasteiger partial charge is 0.325 e. The molecule has 0 aliphatic carbocycles. The molecular formula is C24H19F2N7O4S2. The van der Waals surface area contributed by atoms with E-state index in [4.69, 9.17) is 0 Å². The summed E-state index contributed by atoms with van der Waals surface area (Å²) < 4.78 is 57.0. The average molecular weight is 572 g/mol. The molecule has 0 radical (unpaired) electrons. The minimum absolute atomic E-state index is 0.0159. The maximum Gasteiger partial charge on any atom is 0.332 e. The van der Waals surface area contributed by atoms with Gasteiger partial charge in [0.15, 0.2) is 5.65 Å². The number of anilines is 1. The SMILES string of the molecule is CN(C(=O)[C@H](Cc1cc(F)cc(F)c1)NC(=O)NS(=O)(=O)n1ccc2nccnc21)c1ccc2scnc2c1. The molecule has 0 spiro atoms. The molecule has 0 fully saturated rings. The van der Waals surface area contributed by atoms with Gasteiger partial charge in [-0.1, -0.05) is 0 Å². The van der Waals surface area contributed by atoms with Crippen molar-refractivity contribution in [3.05, 3.63) is 83.8 Å². The van der Waals surface area contributed by atoms with Crippen molar-refractivity contribution in [2.45, 2.75) is 12.5 Å². The Morgan fingerprint density at radius 1 is 1.03 bits per heavy atom. The Labute approximate surface area is 224 Å². The van der Waals surface area contributed by atoms with E-state index in [9.17, 15) is 26.8 Å². The van der Waals surface area contributed by atoms with Crippen LogP contribution in [0.2, 0.25) is 0 Å². The Morgan fingerprint density at radius 2 is 1.77 bits per heavy atom. The number of carbonyl (C=O) groups excluding carboxylic acids is 2. The molecule has 3 aromatic heterocycles. The molecule has 2 aromatic carbocycles. The fraction of sp³-hybridized carbons (Fsp3) is 0.125. The molecule has 5 aromatic rings. The molecule has 1 atom stereocenters. The van der Waals surface area contributed by atoms with Gasteiger partial charge in [-0.3, -0.25) is 9.78 Å². The van der Waals surface area contributed by atoms with Gasteiger partial charge in [0.05, 0.1) is 15.7 Å². The number of thiazole rings is 1. The van der Waals surface area contributed by atoms with E-state index in [2.05, 4.69) is 20.3 Å². The lowest BCUT2D eigenvalue weighted by Crippen LogP contribution is -2.53. The summed E-state index contributed by atoms with van der Waals surface area (Å²) in [7, 11) is -3.04. The highest BCUT2D eigenvalue weighted by Crippen LogP contribution is 2.24. The fourth-order valence-electron chi connectivity index (χ4n) is 3.97. The minimum Gasteiger partial charge on any atom is -0.325 e. The largest absolute Gasteiger partial charge is 0.332 e. The number of nitrogens with one attached hydrogen (secondary N) is 2. The highest BCUT2D eigenvalue weighted by Gasteiger charge is 2.28. The third-order valence-corrected chi connectivity index (χ3v) is 7.83. The van der Waals surface area contributed by atoms with Crippen LogP contribution < -0.4 is 14.9 Å². The van der Waals surface area contributed by atoms with Gasteiger partial charge in [-0.15, -0.1) is 11.3 Å². The number of likely N-dealkylation sites (N-methyl/N-ethyl adjacent to an activating group) is 1. The normalized spacial score (nSPS) is 12.4. The molecule has 200 valence electrons. The first kappa shape index (κ1) is 26.1. The number of carbonyl (C=O) groups is 2. The van der Waals surface area contributed by atoms with Gasteiger partial charge < -0.3 is 10.2 Å². The molecule has 3 heterocycles. The topological polar surface area (TPSA) is 139 Å². The molecule has 39 heavy (non-hydrogen) atoms. The summed E-state index contributed by atoms with van der Waals surface area (Å²) in [4.78, 5) is 39.8. The predicted molar refractivity (Wildman–Crippen MR) is 140 cm³/mol. The Bertz CT molecular complexity index is 1800. The van der Waals surface area contributed by atoms with Crippen LogP contribution in [0, 0.1) is 11.6 Å². The van der Waals surface area contributed by atoms with E-state index in [0.717, 1.165) is 20.8 Å². The summed E-state index contributed by atoms with van der Waals surface area (Å²) in [6.07, 6.45) is 3.51. The maximum absolute atomic E-state index is 13.9. The first-order valence-electron chi connectivity index (χ1n) is 11.3. The summed E-state index contributed by atoms with van der Waals surface area (Å²) in [5.74, 6) is -2.41. The predicted octanol–water partition coefficient (Wildman–Crippen LogP) is 2.99. The van der Waals surface area contributed by atoms with Crippen molar-refractivity contribution in [1.29, 1.82) is 0 Å². The number of halogens is 2. The number of rotatable bonds is 7. The number of urea groups is 1. The van der Waals surface area contributed by atoms with Crippen LogP contribution >= 0.6 is 11.3 Å². The van der Waals surface area contributed by atoms with Crippen molar-refractivity contribution in [3.8, 4) is 0 Å². The van der Waals surface area contributed by atoms with Crippen LogP contribution in [0.1, 0.15) is 5.56 Å². The third kappa shape index (κ3) is 5.53. The molecular weight excluding hydrogens is 552 g/mol. The van der Waals surface area contributed by atoms with Gasteiger partial charge in [0.25, 0.3) is 0 Å². The molecule has 5 rings (SSSR count). The van der Waals surface area contributed by atoms with E-state index in [-0.39, 0.29) is 23.1 Å². The van der Waals surface area contributed by atoms with Crippen molar-refractivity contribution in [2.75, 3.05) is 11.9 Å². The lowest BCUT2D eigenvalue weighted by atomic mass is 10.0. The van der Waals surface area contributed by atoms with Crippen LogP contribution in [-0.2, 0) is 21.4 Å². The number of benzene rings is 2. The van der Waals surface area contributed by atoms with Gasteiger partial charge in [0, 0.05) is 43.8 Å². The zero-order valence-electron chi connectivity index (χ0n) is 20.1. The number of amides is 3. The number of hydrogen-bond donors (Lipinski definition) is 2. The first-order chi connectivity index (χ1) is 18.6. The second-order valence-electron chi connectivity index (χ2n) is 8.39. The molecule has 0 aliphatic heterocycles. The fourth-order valence-corrected chi connectivity index (χ4v) is 5.61. The molecule has 3 amide bonds. The van der Waals surface area contributed by atoms with Crippen LogP contribution in [-0.4, -0.2) is 52.4 Å². The minimum atomic E-state index is -4.49. The van der Waals surface area contributed by atoms with Gasteiger partial charge in [-0.05, 0) is 42.0 Å². The number of fused-ring (bicyclic) bond motifs is 2. The van der Waals surface area contributed by atoms with Crippen molar-refractivity contribution in [3.63, 3.8) is 0 Å². The van der Waals surface area contributed by atoms with Crippen LogP contribution in [0.4, 0.5) is 19.3 Å². The maximum atomic E-state index is 13.9. The van der Waals surface area contributed by atoms with Crippen molar-refractivity contribution < 1.29 is 26.8 Å². The number of aromatic nitrogens is 4. The summed E-state index contributed by atoms with van der Waals surface area (Å²) >= 11 is 1.42. The van der Waals surface area contributed by atoms with E-state index in [1.165, 1.54) is 47.9 Å². The zero-order chi connectivity index (χ0) is 27.7. The van der Waals surface area contributed by atoms with E-state index >= 15 is 0 Å². The molecule has 0 saturated heterocycles. The van der Waals surface area contributed by atoms with E-state index in [1.54, 1.807) is 23.7 Å². The highest BCUT2D eigenvalue weighted by atomic mass is 32.2. The summed E-state index contributed by atoms with van der Waals surface area (Å²) in [5, 5.41) is 2.32. The van der Waals surface area contributed by atoms with Gasteiger partial charge in [-0.25, -0.2) is 32.2 Å². The van der Waals surface area contributed by atoms with E-state index in [0.29, 0.717) is 17.3 Å². The monoisotopic (exact) mass is 571 g/mol. The van der Waals surface area contributed by atoms with Crippen LogP contribution in [0.15, 0.2) is 66.6 Å². The van der Waals surface area contributed by atoms with Gasteiger partial charge in [-0.2, -0.15) is 8.42 Å². The van der Waals surface area contributed by atoms with Crippen molar-refractivity contribution in [2.24, 2.45) is 0 Å². The second kappa shape index (κ2) is 10.3. The zero-order valence-corrected chi connectivity index (χ0v) is 21.7.